The summed E-state index contributed by atoms with van der Waals surface area (Å²) in [4.78, 5) is 27.4. The van der Waals surface area contributed by atoms with Crippen LogP contribution in [0.15, 0.2) is 42.5 Å². The van der Waals surface area contributed by atoms with Gasteiger partial charge in [0.2, 0.25) is 5.91 Å². The number of ether oxygens (including phenoxy) is 2. The fraction of sp³-hybridized carbons (Fsp3) is 0.462. The van der Waals surface area contributed by atoms with Crippen LogP contribution in [-0.4, -0.2) is 41.8 Å². The van der Waals surface area contributed by atoms with Crippen LogP contribution in [0.2, 0.25) is 5.02 Å². The predicted octanol–water partition coefficient (Wildman–Crippen LogP) is 6.27. The highest BCUT2D eigenvalue weighted by molar-refractivity contribution is 6.30. The van der Waals surface area contributed by atoms with E-state index in [2.05, 4.69) is 0 Å². The van der Waals surface area contributed by atoms with Crippen molar-refractivity contribution in [3.05, 3.63) is 58.9 Å². The predicted molar refractivity (Wildman–Crippen MR) is 127 cm³/mol. The zero-order valence-corrected chi connectivity index (χ0v) is 20.5. The van der Waals surface area contributed by atoms with E-state index in [9.17, 15) is 14.0 Å². The molecule has 3 rings (SSSR count). The zero-order chi connectivity index (χ0) is 24.4. The van der Waals surface area contributed by atoms with E-state index < -0.39 is 17.1 Å². The molecule has 7 heteroatoms. The summed E-state index contributed by atoms with van der Waals surface area (Å²) in [5.74, 6) is -0.635. The normalized spacial score (nSPS) is 20.9. The Hall–Kier alpha value is -2.44. The molecule has 0 saturated carbocycles. The molecule has 0 bridgehead atoms. The molecule has 2 aromatic rings. The lowest BCUT2D eigenvalue weighted by atomic mass is 9.86. The van der Waals surface area contributed by atoms with Crippen LogP contribution in [0.25, 0.3) is 11.1 Å². The number of hydrogen-bond acceptors (Lipinski definition) is 4. The monoisotopic (exact) mass is 475 g/mol. The first-order valence-electron chi connectivity index (χ1n) is 11.1. The highest BCUT2D eigenvalue weighted by atomic mass is 35.5. The van der Waals surface area contributed by atoms with Crippen LogP contribution in [0.5, 0.6) is 0 Å². The van der Waals surface area contributed by atoms with Crippen LogP contribution < -0.4 is 0 Å². The van der Waals surface area contributed by atoms with Gasteiger partial charge in [0.15, 0.2) is 0 Å². The van der Waals surface area contributed by atoms with Gasteiger partial charge in [-0.05, 0) is 76.8 Å². The average molecular weight is 476 g/mol. The fourth-order valence-corrected chi connectivity index (χ4v) is 4.29. The van der Waals surface area contributed by atoms with Crippen LogP contribution in [-0.2, 0) is 20.7 Å². The second-order valence-electron chi connectivity index (χ2n) is 9.74. The second-order valence-corrected chi connectivity index (χ2v) is 10.2. The highest BCUT2D eigenvalue weighted by Crippen LogP contribution is 2.39. The number of carbonyl (C=O) groups is 2. The lowest BCUT2D eigenvalue weighted by molar-refractivity contribution is -0.137. The van der Waals surface area contributed by atoms with Crippen molar-refractivity contribution in [2.75, 3.05) is 13.2 Å². The van der Waals surface area contributed by atoms with Crippen molar-refractivity contribution >= 4 is 23.6 Å². The summed E-state index contributed by atoms with van der Waals surface area (Å²) in [6.07, 6.45) is 0.288. The number of benzene rings is 2. The summed E-state index contributed by atoms with van der Waals surface area (Å²) in [7, 11) is 0. The molecule has 178 valence electrons. The van der Waals surface area contributed by atoms with E-state index in [-0.39, 0.29) is 24.4 Å². The van der Waals surface area contributed by atoms with E-state index in [0.29, 0.717) is 35.6 Å². The van der Waals surface area contributed by atoms with Crippen molar-refractivity contribution in [2.24, 2.45) is 5.41 Å². The van der Waals surface area contributed by atoms with Gasteiger partial charge in [0, 0.05) is 23.2 Å². The van der Waals surface area contributed by atoms with Crippen molar-refractivity contribution in [3.63, 3.8) is 0 Å². The number of carbonyl (C=O) groups excluding carboxylic acids is 2. The molecule has 0 aromatic heterocycles. The Morgan fingerprint density at radius 1 is 1.21 bits per heavy atom. The molecule has 1 fully saturated rings. The number of halogens is 2. The van der Waals surface area contributed by atoms with E-state index >= 15 is 0 Å². The van der Waals surface area contributed by atoms with Crippen LogP contribution in [0.3, 0.4) is 0 Å². The summed E-state index contributed by atoms with van der Waals surface area (Å²) < 4.78 is 25.3. The van der Waals surface area contributed by atoms with Gasteiger partial charge in [-0.2, -0.15) is 0 Å². The van der Waals surface area contributed by atoms with E-state index in [1.165, 1.54) is 17.0 Å². The summed E-state index contributed by atoms with van der Waals surface area (Å²) in [6.45, 7) is 9.74. The van der Waals surface area contributed by atoms with Crippen molar-refractivity contribution in [1.82, 2.24) is 4.90 Å². The topological polar surface area (TPSA) is 55.8 Å². The second kappa shape index (κ2) is 9.82. The molecule has 0 aliphatic carbocycles. The summed E-state index contributed by atoms with van der Waals surface area (Å²) in [5, 5.41) is 0.460. The third-order valence-corrected chi connectivity index (χ3v) is 5.90. The van der Waals surface area contributed by atoms with Gasteiger partial charge in [0.05, 0.1) is 12.0 Å². The molecule has 1 aliphatic rings. The van der Waals surface area contributed by atoms with E-state index in [0.717, 1.165) is 5.56 Å². The summed E-state index contributed by atoms with van der Waals surface area (Å²) in [5.41, 5.74) is 0.523. The molecule has 0 N–H and O–H groups in total. The van der Waals surface area contributed by atoms with Gasteiger partial charge in [-0.1, -0.05) is 35.9 Å². The van der Waals surface area contributed by atoms with Gasteiger partial charge in [-0.3, -0.25) is 4.79 Å². The van der Waals surface area contributed by atoms with Gasteiger partial charge < -0.3 is 9.47 Å². The molecule has 2 unspecified atom stereocenters. The van der Waals surface area contributed by atoms with Gasteiger partial charge in [0.1, 0.15) is 11.4 Å². The Kier molecular flexibility index (Phi) is 7.49. The Morgan fingerprint density at radius 3 is 2.48 bits per heavy atom. The number of likely N-dealkylation sites (tertiary alicyclic amines) is 1. The molecular formula is C26H31ClFNO4. The maximum atomic E-state index is 14.2. The van der Waals surface area contributed by atoms with Crippen molar-refractivity contribution in [2.45, 2.75) is 59.1 Å². The molecule has 2 amide bonds. The van der Waals surface area contributed by atoms with Gasteiger partial charge in [0.25, 0.3) is 0 Å². The maximum absolute atomic E-state index is 14.2. The van der Waals surface area contributed by atoms with E-state index in [1.807, 2.05) is 38.1 Å². The molecule has 5 nitrogen and oxygen atoms in total. The minimum absolute atomic E-state index is 0.241. The summed E-state index contributed by atoms with van der Waals surface area (Å²) in [6, 6.07) is 11.5. The highest BCUT2D eigenvalue weighted by Gasteiger charge is 2.52. The molecule has 2 atom stereocenters. The minimum atomic E-state index is -0.804. The minimum Gasteiger partial charge on any atom is -0.443 e. The maximum Gasteiger partial charge on any atom is 0.417 e. The number of amides is 2. The molecule has 1 heterocycles. The number of hydrogen-bond donors (Lipinski definition) is 0. The molecule has 2 aromatic carbocycles. The van der Waals surface area contributed by atoms with Gasteiger partial charge in [-0.15, -0.1) is 0 Å². The molecule has 0 spiro atoms. The van der Waals surface area contributed by atoms with Crippen LogP contribution in [0.4, 0.5) is 9.18 Å². The third kappa shape index (κ3) is 5.92. The van der Waals surface area contributed by atoms with Gasteiger partial charge >= 0.3 is 6.09 Å². The quantitative estimate of drug-likeness (QED) is 0.494. The lowest BCUT2D eigenvalue weighted by Gasteiger charge is -2.28. The Labute approximate surface area is 199 Å². The first-order chi connectivity index (χ1) is 15.4. The largest absolute Gasteiger partial charge is 0.443 e. The van der Waals surface area contributed by atoms with Crippen LogP contribution >= 0.6 is 11.6 Å². The Balaban J connectivity index is 1.85. The van der Waals surface area contributed by atoms with E-state index in [4.69, 9.17) is 21.1 Å². The van der Waals surface area contributed by atoms with Crippen molar-refractivity contribution < 1.29 is 23.5 Å². The average Bonchev–Trinajstić information content (AvgIpc) is 2.98. The lowest BCUT2D eigenvalue weighted by Crippen LogP contribution is -2.45. The molecule has 1 saturated heterocycles. The first kappa shape index (κ1) is 25.2. The van der Waals surface area contributed by atoms with Crippen LogP contribution in [0, 0.1) is 11.2 Å². The van der Waals surface area contributed by atoms with Gasteiger partial charge in [-0.25, -0.2) is 14.1 Å². The number of nitrogens with zero attached hydrogens (tertiary/aromatic N) is 1. The van der Waals surface area contributed by atoms with Crippen LogP contribution in [0.1, 0.15) is 46.6 Å². The molecule has 0 radical (unpaired) electrons. The van der Waals surface area contributed by atoms with Crippen molar-refractivity contribution in [3.8, 4) is 11.1 Å². The Morgan fingerprint density at radius 2 is 1.88 bits per heavy atom. The van der Waals surface area contributed by atoms with E-state index in [1.54, 1.807) is 26.8 Å². The number of rotatable bonds is 6. The zero-order valence-electron chi connectivity index (χ0n) is 19.8. The summed E-state index contributed by atoms with van der Waals surface area (Å²) >= 11 is 6.02. The molecule has 33 heavy (non-hydrogen) atoms. The number of imide groups is 1. The SMILES string of the molecule is CCOCC1(C)CC(Cc2ccc(-c3cc(Cl)ccc3F)cc2)N(C(=O)OC(C)(C)C)C1=O. The standard InChI is InChI=1S/C26H31ClFNO4/c1-6-32-16-26(5)15-20(29(23(26)30)24(31)33-25(2,3)4)13-17-7-9-18(10-8-17)21-14-19(27)11-12-22(21)28/h7-12,14,20H,6,13,15-16H2,1-5H3. The first-order valence-corrected chi connectivity index (χ1v) is 11.5. The fourth-order valence-electron chi connectivity index (χ4n) is 4.12. The van der Waals surface area contributed by atoms with Crippen molar-refractivity contribution in [1.29, 1.82) is 0 Å². The Bertz CT molecular complexity index is 1020. The smallest absolute Gasteiger partial charge is 0.417 e. The molecular weight excluding hydrogens is 445 g/mol. The molecule has 1 aliphatic heterocycles. The third-order valence-electron chi connectivity index (χ3n) is 5.67.